The van der Waals surface area contributed by atoms with Crippen molar-refractivity contribution in [3.05, 3.63) is 52.1 Å². The lowest BCUT2D eigenvalue weighted by Gasteiger charge is -2.07. The van der Waals surface area contributed by atoms with Crippen LogP contribution in [0, 0.1) is 0 Å². The highest BCUT2D eigenvalue weighted by Gasteiger charge is 2.00. The van der Waals surface area contributed by atoms with E-state index in [1.807, 2.05) is 24.3 Å². The highest BCUT2D eigenvalue weighted by atomic mass is 79.9. The van der Waals surface area contributed by atoms with Crippen LogP contribution >= 0.6 is 15.9 Å². The number of methoxy groups -OCH3 is 1. The second-order valence-electron chi connectivity index (χ2n) is 4.10. The van der Waals surface area contributed by atoms with E-state index in [9.17, 15) is 5.11 Å². The fourth-order valence-corrected chi connectivity index (χ4v) is 2.11. The molecule has 5 heteroatoms. The number of ether oxygens (including phenoxy) is 1. The molecule has 1 aromatic carbocycles. The Labute approximate surface area is 120 Å². The third kappa shape index (κ3) is 3.94. The summed E-state index contributed by atoms with van der Waals surface area (Å²) in [7, 11) is 1.60. The van der Waals surface area contributed by atoms with E-state index in [-0.39, 0.29) is 5.75 Å². The van der Waals surface area contributed by atoms with Gasteiger partial charge in [0.05, 0.1) is 11.6 Å². The molecule has 0 aliphatic rings. The van der Waals surface area contributed by atoms with Crippen molar-refractivity contribution in [2.45, 2.75) is 13.1 Å². The predicted octanol–water partition coefficient (Wildman–Crippen LogP) is 2.85. The standard InChI is InChI=1S/C14H15BrN2O2/c1-19-14-7-11(4-5-17-14)9-16-8-10-2-3-13(18)12(15)6-10/h2-7,16,18H,8-9H2,1H3. The van der Waals surface area contributed by atoms with E-state index >= 15 is 0 Å². The van der Waals surface area contributed by atoms with Crippen LogP contribution < -0.4 is 10.1 Å². The maximum atomic E-state index is 9.42. The Morgan fingerprint density at radius 2 is 1.95 bits per heavy atom. The van der Waals surface area contributed by atoms with Gasteiger partial charge in [-0.25, -0.2) is 4.98 Å². The Morgan fingerprint density at radius 3 is 2.63 bits per heavy atom. The lowest BCUT2D eigenvalue weighted by atomic mass is 10.2. The van der Waals surface area contributed by atoms with E-state index in [0.29, 0.717) is 10.4 Å². The summed E-state index contributed by atoms with van der Waals surface area (Å²) in [5.74, 6) is 0.870. The van der Waals surface area contributed by atoms with E-state index in [2.05, 4.69) is 26.2 Å². The topological polar surface area (TPSA) is 54.4 Å². The van der Waals surface area contributed by atoms with Crippen molar-refractivity contribution in [1.82, 2.24) is 10.3 Å². The number of phenolic OH excluding ortho intramolecular Hbond substituents is 1. The first-order chi connectivity index (χ1) is 9.19. The second kappa shape index (κ2) is 6.54. The summed E-state index contributed by atoms with van der Waals surface area (Å²) in [5, 5.41) is 12.7. The first-order valence-corrected chi connectivity index (χ1v) is 6.65. The van der Waals surface area contributed by atoms with Gasteiger partial charge >= 0.3 is 0 Å². The number of nitrogens with one attached hydrogen (secondary N) is 1. The number of aromatic nitrogens is 1. The third-order valence-electron chi connectivity index (χ3n) is 2.68. The first kappa shape index (κ1) is 13.8. The van der Waals surface area contributed by atoms with E-state index in [0.717, 1.165) is 24.2 Å². The quantitative estimate of drug-likeness (QED) is 0.888. The minimum atomic E-state index is 0.252. The van der Waals surface area contributed by atoms with Crippen molar-refractivity contribution in [3.8, 4) is 11.6 Å². The number of nitrogens with zero attached hydrogens (tertiary/aromatic N) is 1. The van der Waals surface area contributed by atoms with Gasteiger partial charge in [-0.15, -0.1) is 0 Å². The molecular formula is C14H15BrN2O2. The van der Waals surface area contributed by atoms with Crippen molar-refractivity contribution in [2.75, 3.05) is 7.11 Å². The van der Waals surface area contributed by atoms with Gasteiger partial charge in [-0.2, -0.15) is 0 Å². The zero-order chi connectivity index (χ0) is 13.7. The van der Waals surface area contributed by atoms with Gasteiger partial charge in [-0.05, 0) is 45.3 Å². The average molecular weight is 323 g/mol. The molecule has 1 heterocycles. The molecule has 2 rings (SSSR count). The Morgan fingerprint density at radius 1 is 1.21 bits per heavy atom. The molecule has 2 aromatic rings. The molecule has 4 nitrogen and oxygen atoms in total. The number of pyridine rings is 1. The summed E-state index contributed by atoms with van der Waals surface area (Å²) in [6, 6.07) is 9.31. The number of benzene rings is 1. The Hall–Kier alpha value is -1.59. The Bertz CT molecular complexity index is 561. The van der Waals surface area contributed by atoms with Crippen molar-refractivity contribution >= 4 is 15.9 Å². The SMILES string of the molecule is COc1cc(CNCc2ccc(O)c(Br)c2)ccn1. The number of hydrogen-bond acceptors (Lipinski definition) is 4. The number of hydrogen-bond donors (Lipinski definition) is 2. The normalized spacial score (nSPS) is 10.4. The zero-order valence-corrected chi connectivity index (χ0v) is 12.1. The lowest BCUT2D eigenvalue weighted by molar-refractivity contribution is 0.397. The highest BCUT2D eigenvalue weighted by molar-refractivity contribution is 9.10. The predicted molar refractivity (Wildman–Crippen MR) is 77.1 cm³/mol. The minimum Gasteiger partial charge on any atom is -0.507 e. The molecule has 19 heavy (non-hydrogen) atoms. The van der Waals surface area contributed by atoms with E-state index in [4.69, 9.17) is 4.74 Å². The van der Waals surface area contributed by atoms with Gasteiger partial charge in [0.25, 0.3) is 0 Å². The van der Waals surface area contributed by atoms with Crippen LogP contribution in [0.2, 0.25) is 0 Å². The maximum Gasteiger partial charge on any atom is 0.213 e. The number of aromatic hydroxyl groups is 1. The van der Waals surface area contributed by atoms with Crippen molar-refractivity contribution in [1.29, 1.82) is 0 Å². The zero-order valence-electron chi connectivity index (χ0n) is 10.6. The lowest BCUT2D eigenvalue weighted by Crippen LogP contribution is -2.12. The summed E-state index contributed by atoms with van der Waals surface area (Å²) in [6.07, 6.45) is 1.73. The molecular weight excluding hydrogens is 308 g/mol. The van der Waals surface area contributed by atoms with E-state index < -0.39 is 0 Å². The summed E-state index contributed by atoms with van der Waals surface area (Å²) in [4.78, 5) is 4.06. The first-order valence-electron chi connectivity index (χ1n) is 5.86. The van der Waals surface area contributed by atoms with Gasteiger partial charge in [0, 0.05) is 25.4 Å². The summed E-state index contributed by atoms with van der Waals surface area (Å²) in [6.45, 7) is 1.46. The van der Waals surface area contributed by atoms with Gasteiger partial charge in [-0.1, -0.05) is 6.07 Å². The molecule has 0 atom stereocenters. The van der Waals surface area contributed by atoms with Crippen molar-refractivity contribution in [2.24, 2.45) is 0 Å². The van der Waals surface area contributed by atoms with Crippen LogP contribution in [0.15, 0.2) is 41.0 Å². The molecule has 0 aliphatic carbocycles. The van der Waals surface area contributed by atoms with E-state index in [1.54, 1.807) is 19.4 Å². The van der Waals surface area contributed by atoms with Crippen LogP contribution in [0.4, 0.5) is 0 Å². The monoisotopic (exact) mass is 322 g/mol. The molecule has 0 aliphatic heterocycles. The smallest absolute Gasteiger partial charge is 0.213 e. The Balaban J connectivity index is 1.90. The fourth-order valence-electron chi connectivity index (χ4n) is 1.68. The van der Waals surface area contributed by atoms with Crippen LogP contribution in [0.3, 0.4) is 0 Å². The summed E-state index contributed by atoms with van der Waals surface area (Å²) < 4.78 is 5.78. The number of phenols is 1. The highest BCUT2D eigenvalue weighted by Crippen LogP contribution is 2.24. The molecule has 0 amide bonds. The molecule has 0 saturated carbocycles. The maximum absolute atomic E-state index is 9.42. The second-order valence-corrected chi connectivity index (χ2v) is 4.95. The van der Waals surface area contributed by atoms with Gasteiger partial charge in [-0.3, -0.25) is 0 Å². The van der Waals surface area contributed by atoms with Gasteiger partial charge in [0.1, 0.15) is 5.75 Å². The summed E-state index contributed by atoms with van der Waals surface area (Å²) in [5.41, 5.74) is 2.22. The van der Waals surface area contributed by atoms with Crippen LogP contribution in [0.25, 0.3) is 0 Å². The van der Waals surface area contributed by atoms with Gasteiger partial charge < -0.3 is 15.2 Å². The van der Waals surface area contributed by atoms with Crippen LogP contribution in [-0.4, -0.2) is 17.2 Å². The van der Waals surface area contributed by atoms with Crippen LogP contribution in [0.5, 0.6) is 11.6 Å². The van der Waals surface area contributed by atoms with Gasteiger partial charge in [0.15, 0.2) is 0 Å². The largest absolute Gasteiger partial charge is 0.507 e. The molecule has 0 fully saturated rings. The molecule has 100 valence electrons. The van der Waals surface area contributed by atoms with Crippen molar-refractivity contribution in [3.63, 3.8) is 0 Å². The summed E-state index contributed by atoms with van der Waals surface area (Å²) >= 11 is 3.30. The molecule has 0 bridgehead atoms. The van der Waals surface area contributed by atoms with Crippen molar-refractivity contribution < 1.29 is 9.84 Å². The fraction of sp³-hybridized carbons (Fsp3) is 0.214. The third-order valence-corrected chi connectivity index (χ3v) is 3.31. The molecule has 2 N–H and O–H groups in total. The Kier molecular flexibility index (Phi) is 4.76. The minimum absolute atomic E-state index is 0.252. The molecule has 0 saturated heterocycles. The molecule has 0 unspecified atom stereocenters. The molecule has 0 radical (unpaired) electrons. The van der Waals surface area contributed by atoms with Crippen LogP contribution in [0.1, 0.15) is 11.1 Å². The average Bonchev–Trinajstić information content (AvgIpc) is 2.43. The van der Waals surface area contributed by atoms with Crippen LogP contribution in [-0.2, 0) is 13.1 Å². The molecule has 1 aromatic heterocycles. The van der Waals surface area contributed by atoms with Gasteiger partial charge in [0.2, 0.25) is 5.88 Å². The van der Waals surface area contributed by atoms with E-state index in [1.165, 1.54) is 0 Å². The molecule has 0 spiro atoms. The number of halogens is 1. The number of rotatable bonds is 5.